The van der Waals surface area contributed by atoms with Crippen LogP contribution in [0.3, 0.4) is 0 Å². The molecular formula is C21H35NO2. The SMILES string of the molecule is CCCCC[C@](O)(CCN1CCCCC1)c1ccc(OCC)cc1. The maximum atomic E-state index is 11.4. The van der Waals surface area contributed by atoms with Gasteiger partial charge in [-0.15, -0.1) is 0 Å². The molecular weight excluding hydrogens is 298 g/mol. The molecule has 0 saturated carbocycles. The fourth-order valence-corrected chi connectivity index (χ4v) is 3.64. The number of benzene rings is 1. The molecule has 24 heavy (non-hydrogen) atoms. The quantitative estimate of drug-likeness (QED) is 0.628. The zero-order chi connectivity index (χ0) is 17.3. The summed E-state index contributed by atoms with van der Waals surface area (Å²) in [5, 5.41) is 11.4. The van der Waals surface area contributed by atoms with Crippen LogP contribution in [0.2, 0.25) is 0 Å². The second kappa shape index (κ2) is 10.0. The fraction of sp³-hybridized carbons (Fsp3) is 0.714. The third kappa shape index (κ3) is 5.78. The zero-order valence-corrected chi connectivity index (χ0v) is 15.6. The van der Waals surface area contributed by atoms with Crippen molar-refractivity contribution < 1.29 is 9.84 Å². The van der Waals surface area contributed by atoms with Crippen molar-refractivity contribution in [3.8, 4) is 5.75 Å². The summed E-state index contributed by atoms with van der Waals surface area (Å²) in [7, 11) is 0. The molecule has 1 saturated heterocycles. The Hall–Kier alpha value is -1.06. The summed E-state index contributed by atoms with van der Waals surface area (Å²) in [6.07, 6.45) is 9.09. The van der Waals surface area contributed by atoms with E-state index < -0.39 is 5.60 Å². The number of ether oxygens (including phenoxy) is 1. The van der Waals surface area contributed by atoms with Crippen molar-refractivity contribution in [2.75, 3.05) is 26.2 Å². The van der Waals surface area contributed by atoms with E-state index in [-0.39, 0.29) is 0 Å². The maximum absolute atomic E-state index is 11.4. The summed E-state index contributed by atoms with van der Waals surface area (Å²) in [6, 6.07) is 8.08. The van der Waals surface area contributed by atoms with Crippen LogP contribution in [0.25, 0.3) is 0 Å². The van der Waals surface area contributed by atoms with Crippen LogP contribution in [0.5, 0.6) is 5.75 Å². The van der Waals surface area contributed by atoms with E-state index in [4.69, 9.17) is 4.74 Å². The van der Waals surface area contributed by atoms with Gasteiger partial charge >= 0.3 is 0 Å². The molecule has 2 rings (SSSR count). The lowest BCUT2D eigenvalue weighted by atomic mass is 9.85. The molecule has 0 radical (unpaired) electrons. The predicted molar refractivity (Wildman–Crippen MR) is 101 cm³/mol. The molecule has 3 heteroatoms. The number of piperidine rings is 1. The first-order chi connectivity index (χ1) is 11.7. The molecule has 1 aliphatic heterocycles. The summed E-state index contributed by atoms with van der Waals surface area (Å²) in [4.78, 5) is 2.52. The summed E-state index contributed by atoms with van der Waals surface area (Å²) in [5.74, 6) is 0.883. The van der Waals surface area contributed by atoms with Gasteiger partial charge in [0.25, 0.3) is 0 Å². The smallest absolute Gasteiger partial charge is 0.119 e. The molecule has 0 spiro atoms. The third-order valence-electron chi connectivity index (χ3n) is 5.19. The van der Waals surface area contributed by atoms with Crippen molar-refractivity contribution in [3.05, 3.63) is 29.8 Å². The summed E-state index contributed by atoms with van der Waals surface area (Å²) in [5.41, 5.74) is 0.330. The minimum atomic E-state index is -0.711. The average molecular weight is 334 g/mol. The normalized spacial score (nSPS) is 18.3. The van der Waals surface area contributed by atoms with Crippen molar-refractivity contribution >= 4 is 0 Å². The van der Waals surface area contributed by atoms with Gasteiger partial charge in [-0.05, 0) is 63.4 Å². The Labute approximate surface area is 148 Å². The fourth-order valence-electron chi connectivity index (χ4n) is 3.64. The van der Waals surface area contributed by atoms with E-state index in [2.05, 4.69) is 11.8 Å². The Morgan fingerprint density at radius 2 is 1.71 bits per heavy atom. The highest BCUT2D eigenvalue weighted by Crippen LogP contribution is 2.33. The lowest BCUT2D eigenvalue weighted by molar-refractivity contribution is 0.00484. The van der Waals surface area contributed by atoms with E-state index in [9.17, 15) is 5.11 Å². The third-order valence-corrected chi connectivity index (χ3v) is 5.19. The Morgan fingerprint density at radius 1 is 1.00 bits per heavy atom. The molecule has 0 bridgehead atoms. The first kappa shape index (κ1) is 19.3. The molecule has 1 aliphatic rings. The van der Waals surface area contributed by atoms with Gasteiger partial charge in [-0.25, -0.2) is 0 Å². The predicted octanol–water partition coefficient (Wildman–Crippen LogP) is 4.73. The van der Waals surface area contributed by atoms with Crippen LogP contribution in [-0.4, -0.2) is 36.2 Å². The largest absolute Gasteiger partial charge is 0.494 e. The van der Waals surface area contributed by atoms with Gasteiger partial charge in [-0.1, -0.05) is 44.7 Å². The van der Waals surface area contributed by atoms with Gasteiger partial charge in [0.2, 0.25) is 0 Å². The van der Waals surface area contributed by atoms with E-state index in [0.717, 1.165) is 37.1 Å². The Kier molecular flexibility index (Phi) is 8.07. The van der Waals surface area contributed by atoms with E-state index >= 15 is 0 Å². The molecule has 136 valence electrons. The zero-order valence-electron chi connectivity index (χ0n) is 15.6. The molecule has 3 nitrogen and oxygen atoms in total. The second-order valence-corrected chi connectivity index (χ2v) is 7.10. The topological polar surface area (TPSA) is 32.7 Å². The highest BCUT2D eigenvalue weighted by molar-refractivity contribution is 5.31. The lowest BCUT2D eigenvalue weighted by Crippen LogP contribution is -2.36. The van der Waals surface area contributed by atoms with Crippen molar-refractivity contribution in [1.29, 1.82) is 0 Å². The second-order valence-electron chi connectivity index (χ2n) is 7.10. The standard InChI is InChI=1S/C21H35NO2/c1-3-5-7-14-21(23,15-18-22-16-8-6-9-17-22)19-10-12-20(13-11-19)24-4-2/h10-13,23H,3-9,14-18H2,1-2H3/t21-/m0/s1. The molecule has 0 amide bonds. The molecule has 1 atom stereocenters. The van der Waals surface area contributed by atoms with Crippen LogP contribution >= 0.6 is 0 Å². The van der Waals surface area contributed by atoms with Crippen molar-refractivity contribution in [2.45, 2.75) is 70.8 Å². The van der Waals surface area contributed by atoms with E-state index in [1.807, 2.05) is 31.2 Å². The maximum Gasteiger partial charge on any atom is 0.119 e. The molecule has 0 unspecified atom stereocenters. The van der Waals surface area contributed by atoms with Gasteiger partial charge in [0.1, 0.15) is 5.75 Å². The van der Waals surface area contributed by atoms with Crippen LogP contribution < -0.4 is 4.74 Å². The molecule has 0 aliphatic carbocycles. The number of hydrogen-bond donors (Lipinski definition) is 1. The molecule has 1 N–H and O–H groups in total. The van der Waals surface area contributed by atoms with Gasteiger partial charge in [0, 0.05) is 6.54 Å². The summed E-state index contributed by atoms with van der Waals surface area (Å²) < 4.78 is 5.54. The van der Waals surface area contributed by atoms with Gasteiger partial charge in [0.15, 0.2) is 0 Å². The van der Waals surface area contributed by atoms with Gasteiger partial charge in [-0.2, -0.15) is 0 Å². The minimum Gasteiger partial charge on any atom is -0.494 e. The Balaban J connectivity index is 2.02. The van der Waals surface area contributed by atoms with Crippen LogP contribution in [0.1, 0.15) is 70.8 Å². The summed E-state index contributed by atoms with van der Waals surface area (Å²) >= 11 is 0. The monoisotopic (exact) mass is 333 g/mol. The highest BCUT2D eigenvalue weighted by Gasteiger charge is 2.29. The van der Waals surface area contributed by atoms with Gasteiger partial charge in [-0.3, -0.25) is 0 Å². The number of rotatable bonds is 10. The number of aliphatic hydroxyl groups is 1. The molecule has 1 fully saturated rings. The van der Waals surface area contributed by atoms with Crippen LogP contribution in [0.4, 0.5) is 0 Å². The number of hydrogen-bond acceptors (Lipinski definition) is 3. The molecule has 1 heterocycles. The van der Waals surface area contributed by atoms with E-state index in [1.165, 1.54) is 45.2 Å². The van der Waals surface area contributed by atoms with Gasteiger partial charge in [0.05, 0.1) is 12.2 Å². The van der Waals surface area contributed by atoms with Crippen molar-refractivity contribution in [3.63, 3.8) is 0 Å². The average Bonchev–Trinajstić information content (AvgIpc) is 2.62. The molecule has 0 aromatic heterocycles. The first-order valence-electron chi connectivity index (χ1n) is 9.86. The first-order valence-corrected chi connectivity index (χ1v) is 9.86. The van der Waals surface area contributed by atoms with E-state index in [0.29, 0.717) is 6.61 Å². The summed E-state index contributed by atoms with van der Waals surface area (Å²) in [6.45, 7) is 8.25. The van der Waals surface area contributed by atoms with E-state index in [1.54, 1.807) is 0 Å². The molecule has 1 aromatic rings. The van der Waals surface area contributed by atoms with Crippen LogP contribution in [0, 0.1) is 0 Å². The Bertz CT molecular complexity index is 453. The van der Waals surface area contributed by atoms with Gasteiger partial charge < -0.3 is 14.7 Å². The number of likely N-dealkylation sites (tertiary alicyclic amines) is 1. The van der Waals surface area contributed by atoms with Crippen LogP contribution in [0.15, 0.2) is 24.3 Å². The van der Waals surface area contributed by atoms with Crippen molar-refractivity contribution in [1.82, 2.24) is 4.90 Å². The molecule has 1 aromatic carbocycles. The Morgan fingerprint density at radius 3 is 2.33 bits per heavy atom. The van der Waals surface area contributed by atoms with Crippen LogP contribution in [-0.2, 0) is 5.60 Å². The minimum absolute atomic E-state index is 0.676. The van der Waals surface area contributed by atoms with Crippen molar-refractivity contribution in [2.24, 2.45) is 0 Å². The number of unbranched alkanes of at least 4 members (excludes halogenated alkanes) is 2. The highest BCUT2D eigenvalue weighted by atomic mass is 16.5. The number of nitrogens with zero attached hydrogens (tertiary/aromatic N) is 1. The lowest BCUT2D eigenvalue weighted by Gasteiger charge is -2.33.